The Labute approximate surface area is 174 Å². The Balaban J connectivity index is 1.25. The number of ether oxygens (including phenoxy) is 1. The molecule has 0 atom stereocenters. The summed E-state index contributed by atoms with van der Waals surface area (Å²) in [5, 5.41) is 6.51. The lowest BCUT2D eigenvalue weighted by molar-refractivity contribution is -0.146. The highest BCUT2D eigenvalue weighted by Gasteiger charge is 2.24. The lowest BCUT2D eigenvalue weighted by atomic mass is 10.2. The highest BCUT2D eigenvalue weighted by Crippen LogP contribution is 2.28. The van der Waals surface area contributed by atoms with Gasteiger partial charge in [0.2, 0.25) is 0 Å². The molecule has 1 aliphatic carbocycles. The van der Waals surface area contributed by atoms with E-state index in [0.29, 0.717) is 18.3 Å². The van der Waals surface area contributed by atoms with Crippen LogP contribution in [0.3, 0.4) is 0 Å². The molecule has 2 amide bonds. The van der Waals surface area contributed by atoms with Crippen LogP contribution in [0.1, 0.15) is 41.8 Å². The van der Waals surface area contributed by atoms with E-state index < -0.39 is 0 Å². The lowest BCUT2D eigenvalue weighted by Gasteiger charge is -2.24. The van der Waals surface area contributed by atoms with Crippen LogP contribution in [0.15, 0.2) is 30.3 Å². The smallest absolute Gasteiger partial charge is 0.321 e. The van der Waals surface area contributed by atoms with Crippen LogP contribution < -0.4 is 10.6 Å². The van der Waals surface area contributed by atoms with E-state index in [1.165, 1.54) is 24.2 Å². The molecule has 2 aliphatic rings. The Kier molecular flexibility index (Phi) is 6.41. The van der Waals surface area contributed by atoms with Crippen molar-refractivity contribution >= 4 is 28.5 Å². The molecule has 0 saturated heterocycles. The van der Waals surface area contributed by atoms with Gasteiger partial charge in [-0.2, -0.15) is 0 Å². The molecule has 0 radical (unpaired) electrons. The first-order chi connectivity index (χ1) is 14.2. The fraction of sp³-hybridized carbons (Fsp3) is 0.476. The van der Waals surface area contributed by atoms with E-state index in [-0.39, 0.29) is 24.6 Å². The summed E-state index contributed by atoms with van der Waals surface area (Å²) in [4.78, 5) is 32.0. The Morgan fingerprint density at radius 3 is 2.79 bits per heavy atom. The fourth-order valence-corrected chi connectivity index (χ4v) is 4.84. The highest BCUT2D eigenvalue weighted by molar-refractivity contribution is 7.15. The lowest BCUT2D eigenvalue weighted by Crippen LogP contribution is -2.36. The first-order valence-electron chi connectivity index (χ1n) is 10.1. The van der Waals surface area contributed by atoms with Crippen molar-refractivity contribution < 1.29 is 14.3 Å². The van der Waals surface area contributed by atoms with Crippen LogP contribution in [0.25, 0.3) is 0 Å². The predicted octanol–water partition coefficient (Wildman–Crippen LogP) is 3.31. The third-order valence-electron chi connectivity index (χ3n) is 5.32. The molecule has 1 saturated carbocycles. The quantitative estimate of drug-likeness (QED) is 0.709. The van der Waals surface area contributed by atoms with Gasteiger partial charge < -0.3 is 10.1 Å². The van der Waals surface area contributed by atoms with Gasteiger partial charge in [0.1, 0.15) is 6.61 Å². The van der Waals surface area contributed by atoms with Crippen molar-refractivity contribution in [3.05, 3.63) is 46.5 Å². The molecule has 4 rings (SSSR count). The maximum absolute atomic E-state index is 12.2. The molecular formula is C21H26N4O3S. The summed E-state index contributed by atoms with van der Waals surface area (Å²) in [5.41, 5.74) is 2.00. The zero-order chi connectivity index (χ0) is 20.1. The Hall–Kier alpha value is -2.45. The van der Waals surface area contributed by atoms with Crippen molar-refractivity contribution in [2.75, 3.05) is 18.4 Å². The van der Waals surface area contributed by atoms with Gasteiger partial charge in [-0.1, -0.05) is 43.2 Å². The normalized spacial score (nSPS) is 17.0. The number of anilines is 1. The van der Waals surface area contributed by atoms with Crippen LogP contribution in [0, 0.1) is 0 Å². The van der Waals surface area contributed by atoms with Gasteiger partial charge in [0, 0.05) is 30.4 Å². The second-order valence-corrected chi connectivity index (χ2v) is 8.66. The standard InChI is InChI=1S/C21H26N4O3S/c26-19(28-14-15-6-2-1-3-7-15)13-25-11-10-17-18(12-25)29-21(23-17)24-20(27)22-16-8-4-5-9-16/h1-3,6-7,16H,4-5,8-14H2,(H2,22,23,24,27). The third kappa shape index (κ3) is 5.55. The molecule has 1 aromatic heterocycles. The first-order valence-corrected chi connectivity index (χ1v) is 11.0. The second-order valence-electron chi connectivity index (χ2n) is 7.58. The highest BCUT2D eigenvalue weighted by atomic mass is 32.1. The number of aromatic nitrogens is 1. The molecule has 0 unspecified atom stereocenters. The minimum atomic E-state index is -0.226. The number of thiazole rings is 1. The predicted molar refractivity (Wildman–Crippen MR) is 112 cm³/mol. The summed E-state index contributed by atoms with van der Waals surface area (Å²) in [7, 11) is 0. The van der Waals surface area contributed by atoms with Crippen LogP contribution in [0.2, 0.25) is 0 Å². The van der Waals surface area contributed by atoms with Gasteiger partial charge in [-0.25, -0.2) is 9.78 Å². The summed E-state index contributed by atoms with van der Waals surface area (Å²) >= 11 is 1.49. The number of nitrogens with zero attached hydrogens (tertiary/aromatic N) is 2. The SMILES string of the molecule is O=C(Nc1nc2c(s1)CN(CC(=O)OCc1ccccc1)CC2)NC1CCCC1. The minimum Gasteiger partial charge on any atom is -0.460 e. The average molecular weight is 415 g/mol. The number of carbonyl (C=O) groups is 2. The van der Waals surface area contributed by atoms with E-state index in [4.69, 9.17) is 4.74 Å². The fourth-order valence-electron chi connectivity index (χ4n) is 3.79. The topological polar surface area (TPSA) is 83.6 Å². The van der Waals surface area contributed by atoms with Crippen molar-refractivity contribution in [1.82, 2.24) is 15.2 Å². The number of urea groups is 1. The molecule has 1 aromatic carbocycles. The molecule has 1 fully saturated rings. The molecule has 2 heterocycles. The van der Waals surface area contributed by atoms with Gasteiger partial charge in [-0.15, -0.1) is 11.3 Å². The van der Waals surface area contributed by atoms with E-state index in [9.17, 15) is 9.59 Å². The molecule has 0 spiro atoms. The van der Waals surface area contributed by atoms with Gasteiger partial charge in [0.25, 0.3) is 0 Å². The zero-order valence-corrected chi connectivity index (χ0v) is 17.2. The van der Waals surface area contributed by atoms with Crippen LogP contribution in [-0.2, 0) is 29.1 Å². The first kappa shape index (κ1) is 19.8. The molecule has 29 heavy (non-hydrogen) atoms. The van der Waals surface area contributed by atoms with Crippen molar-refractivity contribution in [3.8, 4) is 0 Å². The molecule has 1 aliphatic heterocycles. The maximum atomic E-state index is 12.2. The van der Waals surface area contributed by atoms with Crippen LogP contribution in [-0.4, -0.2) is 41.0 Å². The maximum Gasteiger partial charge on any atom is 0.321 e. The Morgan fingerprint density at radius 2 is 2.00 bits per heavy atom. The van der Waals surface area contributed by atoms with E-state index in [1.807, 2.05) is 30.3 Å². The van der Waals surface area contributed by atoms with Crippen LogP contribution in [0.4, 0.5) is 9.93 Å². The van der Waals surface area contributed by atoms with Crippen LogP contribution in [0.5, 0.6) is 0 Å². The summed E-state index contributed by atoms with van der Waals surface area (Å²) < 4.78 is 5.38. The summed E-state index contributed by atoms with van der Waals surface area (Å²) in [6, 6.07) is 9.78. The monoisotopic (exact) mass is 414 g/mol. The van der Waals surface area contributed by atoms with Gasteiger partial charge in [-0.3, -0.25) is 15.0 Å². The average Bonchev–Trinajstić information content (AvgIpc) is 3.36. The number of rotatable bonds is 6. The van der Waals surface area contributed by atoms with E-state index in [1.54, 1.807) is 0 Å². The molecule has 0 bridgehead atoms. The third-order valence-corrected chi connectivity index (χ3v) is 6.31. The number of esters is 1. The number of fused-ring (bicyclic) bond motifs is 1. The van der Waals surface area contributed by atoms with E-state index >= 15 is 0 Å². The molecule has 154 valence electrons. The molecule has 8 heteroatoms. The minimum absolute atomic E-state index is 0.177. The van der Waals surface area contributed by atoms with Gasteiger partial charge in [0.15, 0.2) is 5.13 Å². The zero-order valence-electron chi connectivity index (χ0n) is 16.4. The number of amides is 2. The number of hydrogen-bond donors (Lipinski definition) is 2. The second kappa shape index (κ2) is 9.37. The van der Waals surface area contributed by atoms with Gasteiger partial charge >= 0.3 is 12.0 Å². The summed E-state index contributed by atoms with van der Waals surface area (Å²) in [5.74, 6) is -0.226. The number of carbonyl (C=O) groups excluding carboxylic acids is 2. The van der Waals surface area contributed by atoms with Crippen molar-refractivity contribution in [2.45, 2.75) is 51.3 Å². The Morgan fingerprint density at radius 1 is 1.21 bits per heavy atom. The molecular weight excluding hydrogens is 388 g/mol. The number of benzene rings is 1. The summed E-state index contributed by atoms with van der Waals surface area (Å²) in [6.07, 6.45) is 5.23. The van der Waals surface area contributed by atoms with Gasteiger partial charge in [0.05, 0.1) is 12.2 Å². The summed E-state index contributed by atoms with van der Waals surface area (Å²) in [6.45, 7) is 1.96. The van der Waals surface area contributed by atoms with Crippen LogP contribution >= 0.6 is 11.3 Å². The molecule has 2 N–H and O–H groups in total. The number of hydrogen-bond acceptors (Lipinski definition) is 6. The van der Waals surface area contributed by atoms with Crippen molar-refractivity contribution in [1.29, 1.82) is 0 Å². The van der Waals surface area contributed by atoms with Crippen molar-refractivity contribution in [2.24, 2.45) is 0 Å². The number of nitrogens with one attached hydrogen (secondary N) is 2. The van der Waals surface area contributed by atoms with Gasteiger partial charge in [-0.05, 0) is 18.4 Å². The molecule has 7 nitrogen and oxygen atoms in total. The van der Waals surface area contributed by atoms with E-state index in [2.05, 4.69) is 20.5 Å². The largest absolute Gasteiger partial charge is 0.460 e. The molecule has 2 aromatic rings. The Bertz CT molecular complexity index is 849. The van der Waals surface area contributed by atoms with Crippen molar-refractivity contribution in [3.63, 3.8) is 0 Å². The van der Waals surface area contributed by atoms with E-state index in [0.717, 1.165) is 41.9 Å².